The number of hydrogen-bond donors (Lipinski definition) is 2. The average molecular weight is 1010 g/mol. The topological polar surface area (TPSA) is 119 Å². The number of carboxylic acid groups (broad SMARTS) is 1. The molecule has 2 N–H and O–H groups in total. The zero-order chi connectivity index (χ0) is 46.5. The largest absolute Gasteiger partial charge is 0.509 e. The predicted molar refractivity (Wildman–Crippen MR) is 216 cm³/mol. The fraction of sp³-hybridized carbons (Fsp3) is 0.780. The molecule has 0 aliphatic rings. The lowest BCUT2D eigenvalue weighted by Crippen LogP contribution is -2.73. The molecule has 66 heavy (non-hydrogen) atoms. The van der Waals surface area contributed by atoms with Gasteiger partial charge in [-0.25, -0.2) is 13.6 Å². The fourth-order valence-corrected chi connectivity index (χ4v) is 5.65. The molecule has 0 bridgehead atoms. The van der Waals surface area contributed by atoms with E-state index >= 15 is 35.1 Å². The second kappa shape index (κ2) is 24.0. The van der Waals surface area contributed by atoms with Crippen LogP contribution in [-0.2, 0) is 29.4 Å². The number of carbonyl (C=O) groups is 3. The van der Waals surface area contributed by atoms with Crippen LogP contribution in [0.3, 0.4) is 0 Å². The summed E-state index contributed by atoms with van der Waals surface area (Å²) in [5, 5.41) is 19.3. The van der Waals surface area contributed by atoms with Gasteiger partial charge in [-0.15, -0.1) is 0 Å². The molecule has 25 heteroatoms. The van der Waals surface area contributed by atoms with Crippen LogP contribution in [0.1, 0.15) is 151 Å². The van der Waals surface area contributed by atoms with Gasteiger partial charge in [0.05, 0.1) is 0 Å². The zero-order valence-corrected chi connectivity index (χ0v) is 31.3. The van der Waals surface area contributed by atoms with Crippen molar-refractivity contribution in [3.05, 3.63) is 35.4 Å². The van der Waals surface area contributed by atoms with Crippen LogP contribution in [0.25, 0.3) is 0 Å². The first kappa shape index (κ1) is 79.3. The Morgan fingerprint density at radius 3 is 1.15 bits per heavy atom. The molecule has 8 nitrogen and oxygen atoms in total. The van der Waals surface area contributed by atoms with E-state index in [-0.39, 0.29) is 85.4 Å². The molecule has 0 heterocycles. The summed E-state index contributed by atoms with van der Waals surface area (Å²) in [5.41, 5.74) is -30.3. The van der Waals surface area contributed by atoms with Gasteiger partial charge in [-0.05, 0) is 72.8 Å². The Hall–Kier alpha value is -3.80. The number of aliphatic carboxylic acids is 1. The van der Waals surface area contributed by atoms with E-state index in [0.717, 1.165) is 41.5 Å². The minimum atomic E-state index is -7.19. The van der Waals surface area contributed by atoms with E-state index in [1.807, 2.05) is 0 Å². The lowest BCUT2D eigenvalue weighted by atomic mass is 9.65. The van der Waals surface area contributed by atoms with Crippen molar-refractivity contribution in [3.8, 4) is 0 Å². The number of esters is 1. The van der Waals surface area contributed by atoms with E-state index in [1.165, 1.54) is 0 Å². The average Bonchev–Trinajstić information content (AvgIpc) is 2.95. The predicted octanol–water partition coefficient (Wildman–Crippen LogP) is 15.8. The summed E-state index contributed by atoms with van der Waals surface area (Å²) in [6.07, 6.45) is -44.5. The fourth-order valence-electron chi connectivity index (χ4n) is 5.65. The van der Waals surface area contributed by atoms with Crippen LogP contribution in [0.15, 0.2) is 24.3 Å². The van der Waals surface area contributed by atoms with E-state index in [2.05, 4.69) is 14.2 Å². The summed E-state index contributed by atoms with van der Waals surface area (Å²) in [6, 6.07) is -1.25. The summed E-state index contributed by atoms with van der Waals surface area (Å²) < 4.78 is 263. The third-order valence-corrected chi connectivity index (χ3v) is 8.82. The number of hydrogen-bond acceptors (Lipinski definition) is 7. The van der Waals surface area contributed by atoms with Crippen molar-refractivity contribution in [1.29, 1.82) is 0 Å². The molecular weight excluding hydrogens is 943 g/mol. The van der Waals surface area contributed by atoms with Crippen molar-refractivity contribution in [2.45, 2.75) is 199 Å². The molecule has 4 unspecified atom stereocenters. The monoisotopic (exact) mass is 1010 g/mol. The van der Waals surface area contributed by atoms with Gasteiger partial charge in [-0.3, -0.25) is 9.59 Å². The van der Waals surface area contributed by atoms with Crippen LogP contribution in [0, 0.1) is 10.8 Å². The van der Waals surface area contributed by atoms with Crippen LogP contribution in [0.5, 0.6) is 0 Å². The van der Waals surface area contributed by atoms with E-state index in [9.17, 15) is 64.1 Å². The number of carboxylic acids is 1. The quantitative estimate of drug-likeness (QED) is 0.157. The minimum absolute atomic E-state index is 0. The summed E-state index contributed by atoms with van der Waals surface area (Å²) in [4.78, 5) is 38.1. The first-order valence-electron chi connectivity index (χ1n) is 16.2. The van der Waals surface area contributed by atoms with Crippen molar-refractivity contribution in [2.75, 3.05) is 0 Å². The third-order valence-electron chi connectivity index (χ3n) is 8.82. The molecule has 0 aliphatic heterocycles. The van der Waals surface area contributed by atoms with Crippen LogP contribution in [0.4, 0.5) is 79.4 Å². The second-order valence-corrected chi connectivity index (χ2v) is 15.3. The number of alkyl halides is 17. The van der Waals surface area contributed by atoms with Crippen LogP contribution < -0.4 is 0 Å². The van der Waals surface area contributed by atoms with E-state index < -0.39 is 137 Å². The summed E-state index contributed by atoms with van der Waals surface area (Å²) in [7, 11) is 0. The standard InChI is InChI=1S/C33H37F17O8.8CH4/c1-9-25(30(39,40)41,20(53)56-22(2,3)4)28(34,35)26(31(42,43)44,58-21(54)57-23(5,6)7)15-17(14-24(8,19(51)52)29(36,37)38)16-10-12-18(13-11-16)27(55,32(45,46)47)33(48,49)50;;;;;;;;/h10-13,17,55H,9,14-15H2,1-8H3,(H,51,52);8*1H4. The van der Waals surface area contributed by atoms with Gasteiger partial charge >= 0.3 is 54.9 Å². The van der Waals surface area contributed by atoms with Crippen LogP contribution in [-0.4, -0.2) is 81.9 Å². The molecule has 0 saturated heterocycles. The van der Waals surface area contributed by atoms with Crippen LogP contribution >= 0.6 is 0 Å². The summed E-state index contributed by atoms with van der Waals surface area (Å²) in [5.74, 6) is -16.5. The smallest absolute Gasteiger partial charge is 0.481 e. The van der Waals surface area contributed by atoms with Gasteiger partial charge < -0.3 is 24.4 Å². The number of aliphatic hydroxyl groups is 1. The molecule has 0 amide bonds. The van der Waals surface area contributed by atoms with Gasteiger partial charge in [0.1, 0.15) is 11.2 Å². The minimum Gasteiger partial charge on any atom is -0.481 e. The molecular formula is C41H69F17O8. The molecule has 1 aromatic carbocycles. The molecule has 4 atom stereocenters. The van der Waals surface area contributed by atoms with Crippen molar-refractivity contribution < 1.29 is 113 Å². The van der Waals surface area contributed by atoms with Gasteiger partial charge in [-0.1, -0.05) is 90.6 Å². The first-order valence-corrected chi connectivity index (χ1v) is 16.2. The number of carbonyl (C=O) groups excluding carboxylic acids is 2. The SMILES string of the molecule is C.C.C.C.C.C.C.C.CCC(C(=O)OC(C)(C)C)(C(F)(F)F)C(F)(F)C(CC(CC(C)(C(=O)O)C(F)(F)F)c1ccc(C(O)(C(F)(F)F)C(F)(F)F)cc1)(OC(=O)OC(C)(C)C)C(F)(F)F. The Morgan fingerprint density at radius 1 is 0.530 bits per heavy atom. The molecule has 0 radical (unpaired) electrons. The van der Waals surface area contributed by atoms with Gasteiger partial charge in [0.25, 0.3) is 11.2 Å². The normalized spacial score (nSPS) is 15.8. The number of ether oxygens (including phenoxy) is 3. The summed E-state index contributed by atoms with van der Waals surface area (Å²) >= 11 is 0. The molecule has 0 aliphatic carbocycles. The lowest BCUT2D eigenvalue weighted by molar-refractivity contribution is -0.394. The molecule has 0 saturated carbocycles. The Balaban J connectivity index is -0.000000701. The van der Waals surface area contributed by atoms with Crippen molar-refractivity contribution >= 4 is 18.1 Å². The Morgan fingerprint density at radius 2 is 0.894 bits per heavy atom. The highest BCUT2D eigenvalue weighted by Gasteiger charge is 2.87. The van der Waals surface area contributed by atoms with E-state index in [0.29, 0.717) is 0 Å². The maximum Gasteiger partial charge on any atom is 0.509 e. The number of halogens is 17. The molecule has 0 spiro atoms. The third kappa shape index (κ3) is 14.8. The maximum atomic E-state index is 17.2. The second-order valence-electron chi connectivity index (χ2n) is 15.3. The van der Waals surface area contributed by atoms with E-state index in [4.69, 9.17) is 0 Å². The highest BCUT2D eigenvalue weighted by molar-refractivity contribution is 5.80. The molecule has 0 aromatic heterocycles. The van der Waals surface area contributed by atoms with Crippen molar-refractivity contribution in [2.24, 2.45) is 10.8 Å². The van der Waals surface area contributed by atoms with Crippen molar-refractivity contribution in [3.63, 3.8) is 0 Å². The maximum absolute atomic E-state index is 17.2. The molecule has 1 rings (SSSR count). The molecule has 0 fully saturated rings. The number of benzene rings is 1. The lowest BCUT2D eigenvalue weighted by Gasteiger charge is -2.50. The molecule has 400 valence electrons. The highest BCUT2D eigenvalue weighted by Crippen LogP contribution is 2.64. The Kier molecular flexibility index (Phi) is 28.8. The van der Waals surface area contributed by atoms with Gasteiger partial charge in [0.2, 0.25) is 5.41 Å². The van der Waals surface area contributed by atoms with Gasteiger partial charge in [-0.2, -0.15) is 65.9 Å². The van der Waals surface area contributed by atoms with Crippen molar-refractivity contribution in [1.82, 2.24) is 0 Å². The van der Waals surface area contributed by atoms with E-state index in [1.54, 1.807) is 0 Å². The van der Waals surface area contributed by atoms with Gasteiger partial charge in [0, 0.05) is 12.0 Å². The zero-order valence-electron chi connectivity index (χ0n) is 31.3. The Labute approximate surface area is 376 Å². The number of rotatable bonds is 12. The summed E-state index contributed by atoms with van der Waals surface area (Å²) in [6.45, 7) is 4.68. The molecule has 1 aromatic rings. The van der Waals surface area contributed by atoms with Crippen LogP contribution in [0.2, 0.25) is 0 Å². The van der Waals surface area contributed by atoms with Gasteiger partial charge in [0.15, 0.2) is 5.41 Å². The highest BCUT2D eigenvalue weighted by atomic mass is 19.4. The Bertz CT molecular complexity index is 1620. The first-order chi connectivity index (χ1) is 25.3.